The quantitative estimate of drug-likeness (QED) is 0.0241. The third-order valence-electron chi connectivity index (χ3n) is 12.6. The standard InChI is InChI=1S/C53H70N10O14S2/c1-30(66)41(25-64)60-52(75)43-29-79-78-28-42(61-48(71)38(21-32-13-5-3-6-14-32)56-44(68)27-77-45(69)26-65)51(74)58-39(22-33-15-7-4-8-16-33)49(72)59-40(23-34-24-55-36-18-10-9-17-35(34)36)50(73)57-37(19-11-12-20-54)47(70)63-46(31(2)67)53(76)62-43/h3-10,13-18,24,30-31,37-43,46,55,64-67H,11-12,19-23,25-29,54H2,1-2H3,(H,56,68)(H,57,73)(H,58,74)(H,59,72)(H,60,75)(H,61,71)(H,62,76)(H,63,70)/t30-,31-,37?,38?,39?,40?,41?,42?,43?,46?/m1/s1. The molecule has 428 valence electrons. The van der Waals surface area contributed by atoms with Crippen LogP contribution >= 0.6 is 21.6 Å². The minimum absolute atomic E-state index is 0.00961. The van der Waals surface area contributed by atoms with E-state index in [2.05, 4.69) is 47.5 Å². The van der Waals surface area contributed by atoms with Crippen LogP contribution in [-0.4, -0.2) is 177 Å². The molecule has 5 rings (SSSR count). The monoisotopic (exact) mass is 1130 g/mol. The average Bonchev–Trinajstić information content (AvgIpc) is 3.86. The summed E-state index contributed by atoms with van der Waals surface area (Å²) in [6.45, 7) is 0.220. The Morgan fingerprint density at radius 3 is 1.96 bits per heavy atom. The smallest absolute Gasteiger partial charge is 0.332 e. The number of nitrogens with two attached hydrogens (primary N) is 1. The van der Waals surface area contributed by atoms with E-state index in [1.54, 1.807) is 72.9 Å². The molecule has 0 bridgehead atoms. The molecule has 1 aliphatic heterocycles. The van der Waals surface area contributed by atoms with Crippen molar-refractivity contribution in [1.29, 1.82) is 0 Å². The van der Waals surface area contributed by atoms with Crippen LogP contribution in [0.25, 0.3) is 10.9 Å². The molecule has 79 heavy (non-hydrogen) atoms. The van der Waals surface area contributed by atoms with E-state index in [0.717, 1.165) is 32.5 Å². The van der Waals surface area contributed by atoms with Crippen LogP contribution in [0.15, 0.2) is 91.1 Å². The Bertz CT molecular complexity index is 2680. The summed E-state index contributed by atoms with van der Waals surface area (Å²) in [6.07, 6.45) is -0.833. The average molecular weight is 1140 g/mol. The third kappa shape index (κ3) is 20.0. The zero-order chi connectivity index (χ0) is 57.4. The Morgan fingerprint density at radius 2 is 1.32 bits per heavy atom. The van der Waals surface area contributed by atoms with Gasteiger partial charge >= 0.3 is 5.97 Å². The zero-order valence-electron chi connectivity index (χ0n) is 43.7. The number of esters is 1. The van der Waals surface area contributed by atoms with Crippen LogP contribution in [0.4, 0.5) is 0 Å². The third-order valence-corrected chi connectivity index (χ3v) is 15.1. The van der Waals surface area contributed by atoms with Gasteiger partial charge in [0.2, 0.25) is 41.4 Å². The predicted molar refractivity (Wildman–Crippen MR) is 294 cm³/mol. The molecule has 10 atom stereocenters. The number of aliphatic hydroxyl groups is 4. The first kappa shape index (κ1) is 62.8. The van der Waals surface area contributed by atoms with Crippen LogP contribution in [0, 0.1) is 0 Å². The number of aromatic amines is 1. The summed E-state index contributed by atoms with van der Waals surface area (Å²) in [7, 11) is 1.87. The van der Waals surface area contributed by atoms with E-state index >= 15 is 0 Å². The van der Waals surface area contributed by atoms with E-state index in [1.807, 2.05) is 18.2 Å². The van der Waals surface area contributed by atoms with E-state index in [4.69, 9.17) is 15.6 Å². The Hall–Kier alpha value is -7.07. The van der Waals surface area contributed by atoms with Gasteiger partial charge in [0.15, 0.2) is 6.61 Å². The number of hydrogen-bond acceptors (Lipinski definition) is 17. The van der Waals surface area contributed by atoms with Gasteiger partial charge in [-0.2, -0.15) is 0 Å². The molecule has 24 nitrogen and oxygen atoms in total. The van der Waals surface area contributed by atoms with Crippen molar-refractivity contribution >= 4 is 85.7 Å². The van der Waals surface area contributed by atoms with Crippen molar-refractivity contribution in [3.05, 3.63) is 108 Å². The number of aromatic nitrogens is 1. The number of carbonyl (C=O) groups is 9. The number of carbonyl (C=O) groups excluding carboxylic acids is 9. The van der Waals surface area contributed by atoms with Crippen LogP contribution < -0.4 is 48.3 Å². The molecule has 0 saturated carbocycles. The molecule has 26 heteroatoms. The van der Waals surface area contributed by atoms with Gasteiger partial charge in [-0.25, -0.2) is 4.79 Å². The minimum atomic E-state index is -1.72. The number of fused-ring (bicyclic) bond motifs is 1. The molecule has 1 saturated heterocycles. The van der Waals surface area contributed by atoms with E-state index in [0.29, 0.717) is 29.5 Å². The van der Waals surface area contributed by atoms with Crippen LogP contribution in [0.2, 0.25) is 0 Å². The van der Waals surface area contributed by atoms with Crippen molar-refractivity contribution in [2.45, 2.75) is 113 Å². The van der Waals surface area contributed by atoms with E-state index < -0.39 is 134 Å². The number of rotatable bonds is 21. The van der Waals surface area contributed by atoms with Crippen molar-refractivity contribution in [2.24, 2.45) is 5.73 Å². The summed E-state index contributed by atoms with van der Waals surface area (Å²) in [5.41, 5.74) is 8.29. The normalized spacial score (nSPS) is 21.5. The molecule has 0 aliphatic carbocycles. The molecule has 8 amide bonds. The second-order valence-corrected chi connectivity index (χ2v) is 21.4. The van der Waals surface area contributed by atoms with Crippen molar-refractivity contribution in [3.63, 3.8) is 0 Å². The molecule has 4 aromatic rings. The summed E-state index contributed by atoms with van der Waals surface area (Å²) < 4.78 is 4.76. The van der Waals surface area contributed by atoms with Gasteiger partial charge < -0.3 is 78.4 Å². The minimum Gasteiger partial charge on any atom is -0.454 e. The number of aliphatic hydroxyl groups excluding tert-OH is 4. The molecular weight excluding hydrogens is 1060 g/mol. The Morgan fingerprint density at radius 1 is 0.709 bits per heavy atom. The number of unbranched alkanes of at least 4 members (excludes halogenated alkanes) is 1. The molecule has 0 radical (unpaired) electrons. The highest BCUT2D eigenvalue weighted by molar-refractivity contribution is 8.76. The molecular formula is C53H70N10O14S2. The van der Waals surface area contributed by atoms with Gasteiger partial charge in [-0.15, -0.1) is 0 Å². The van der Waals surface area contributed by atoms with Crippen LogP contribution in [-0.2, 0) is 67.2 Å². The largest absolute Gasteiger partial charge is 0.454 e. The van der Waals surface area contributed by atoms with Crippen molar-refractivity contribution in [2.75, 3.05) is 37.9 Å². The lowest BCUT2D eigenvalue weighted by Gasteiger charge is -2.29. The molecule has 1 aliphatic rings. The Kier molecular flexibility index (Phi) is 25.5. The number of nitrogens with one attached hydrogen (secondary N) is 9. The number of H-pyrrole nitrogens is 1. The van der Waals surface area contributed by atoms with Gasteiger partial charge in [0.25, 0.3) is 5.91 Å². The van der Waals surface area contributed by atoms with Crippen molar-refractivity contribution in [1.82, 2.24) is 47.5 Å². The van der Waals surface area contributed by atoms with E-state index in [-0.39, 0.29) is 43.7 Å². The molecule has 1 fully saturated rings. The first-order valence-electron chi connectivity index (χ1n) is 25.6. The number of amides is 8. The van der Waals surface area contributed by atoms with Gasteiger partial charge in [0, 0.05) is 47.9 Å². The molecule has 3 aromatic carbocycles. The predicted octanol–water partition coefficient (Wildman–Crippen LogP) is -2.11. The first-order chi connectivity index (χ1) is 37.9. The fraction of sp³-hybridized carbons (Fsp3) is 0.453. The summed E-state index contributed by atoms with van der Waals surface area (Å²) in [5.74, 6) is -8.92. The fourth-order valence-electron chi connectivity index (χ4n) is 8.25. The maximum atomic E-state index is 14.9. The van der Waals surface area contributed by atoms with Crippen molar-refractivity contribution in [3.8, 4) is 0 Å². The summed E-state index contributed by atoms with van der Waals surface area (Å²) in [6, 6.07) is 12.8. The molecule has 8 unspecified atom stereocenters. The molecule has 1 aromatic heterocycles. The van der Waals surface area contributed by atoms with Crippen molar-refractivity contribution < 1.29 is 68.3 Å². The SMILES string of the molecule is C[C@@H](O)C(CO)NC(=O)C1CSSCC(NC(=O)C(Cc2ccccc2)NC(=O)COC(=O)CO)C(=O)NC(Cc2ccccc2)C(=O)NC(Cc2c[nH]c3ccccc23)C(=O)NC(CCCCN)C(=O)NC([C@@H](C)O)C(=O)N1. The maximum absolute atomic E-state index is 14.9. The fourth-order valence-corrected chi connectivity index (χ4v) is 10.6. The lowest BCUT2D eigenvalue weighted by atomic mass is 10.0. The Labute approximate surface area is 464 Å². The Balaban J connectivity index is 1.60. The van der Waals surface area contributed by atoms with Gasteiger partial charge in [0.05, 0.1) is 24.9 Å². The molecule has 2 heterocycles. The highest BCUT2D eigenvalue weighted by Gasteiger charge is 2.37. The first-order valence-corrected chi connectivity index (χ1v) is 28.1. The maximum Gasteiger partial charge on any atom is 0.332 e. The van der Waals surface area contributed by atoms with Crippen LogP contribution in [0.1, 0.15) is 49.8 Å². The van der Waals surface area contributed by atoms with Gasteiger partial charge in [-0.3, -0.25) is 38.4 Å². The van der Waals surface area contributed by atoms with Crippen LogP contribution in [0.3, 0.4) is 0 Å². The highest BCUT2D eigenvalue weighted by atomic mass is 33.1. The van der Waals surface area contributed by atoms with Gasteiger partial charge in [-0.1, -0.05) is 100 Å². The second-order valence-electron chi connectivity index (χ2n) is 18.8. The lowest BCUT2D eigenvalue weighted by Crippen LogP contribution is -2.62. The molecule has 0 spiro atoms. The number of ether oxygens (including phenoxy) is 1. The highest BCUT2D eigenvalue weighted by Crippen LogP contribution is 2.24. The summed E-state index contributed by atoms with van der Waals surface area (Å²) in [5, 5.41) is 62.0. The van der Waals surface area contributed by atoms with Gasteiger partial charge in [0.1, 0.15) is 48.9 Å². The molecule has 15 N–H and O–H groups in total. The van der Waals surface area contributed by atoms with Crippen LogP contribution in [0.5, 0.6) is 0 Å². The zero-order valence-corrected chi connectivity index (χ0v) is 45.3. The number of benzene rings is 3. The number of hydrogen-bond donors (Lipinski definition) is 14. The summed E-state index contributed by atoms with van der Waals surface area (Å²) in [4.78, 5) is 129. The topological polar surface area (TPSA) is 382 Å². The number of para-hydroxylation sites is 1. The van der Waals surface area contributed by atoms with E-state index in [1.165, 1.54) is 13.8 Å². The van der Waals surface area contributed by atoms with Gasteiger partial charge in [-0.05, 0) is 62.4 Å². The van der Waals surface area contributed by atoms with E-state index in [9.17, 15) is 58.5 Å². The lowest BCUT2D eigenvalue weighted by molar-refractivity contribution is -0.151. The second kappa shape index (κ2) is 32.1. The summed E-state index contributed by atoms with van der Waals surface area (Å²) >= 11 is 0.